The molecule has 7 heteroatoms. The first kappa shape index (κ1) is 25.0. The van der Waals surface area contributed by atoms with Gasteiger partial charge in [0.1, 0.15) is 19.7 Å². The molecule has 0 aliphatic rings. The Balaban J connectivity index is 2.59. The number of methoxy groups -OCH3 is 1. The molecule has 2 aromatic rings. The number of esters is 1. The predicted octanol–water partition coefficient (Wildman–Crippen LogP) is 4.83. The van der Waals surface area contributed by atoms with E-state index in [2.05, 4.69) is 37.9 Å². The van der Waals surface area contributed by atoms with Crippen molar-refractivity contribution >= 4 is 36.4 Å². The third kappa shape index (κ3) is 5.32. The van der Waals surface area contributed by atoms with E-state index in [1.165, 1.54) is 17.3 Å². The van der Waals surface area contributed by atoms with E-state index in [1.54, 1.807) is 7.05 Å². The molecule has 0 aliphatic heterocycles. The highest BCUT2D eigenvalue weighted by atomic mass is 28.3. The van der Waals surface area contributed by atoms with Gasteiger partial charge in [-0.05, 0) is 32.4 Å². The smallest absolute Gasteiger partial charge is 0.410 e. The number of carbonyl (C=O) groups is 2. The number of hydrogen-bond donors (Lipinski definition) is 1. The van der Waals surface area contributed by atoms with Gasteiger partial charge in [-0.25, -0.2) is 9.59 Å². The summed E-state index contributed by atoms with van der Waals surface area (Å²) in [5, 5.41) is 2.39. The SMILES string of the molecule is CC[Si](CC)(CC)c1[nH]c2ccccc2c1C[C@H](C(=O)OC)N(C)C(=O)OC(C)(C)C. The van der Waals surface area contributed by atoms with Gasteiger partial charge in [-0.15, -0.1) is 0 Å². The van der Waals surface area contributed by atoms with Crippen LogP contribution in [0.5, 0.6) is 0 Å². The molecule has 1 aromatic heterocycles. The standard InChI is InChI=1S/C24H38N2O4Si/c1-9-31(10-2,11-3)21-18(17-14-12-13-15-19(17)25-21)16-20(22(27)29-8)26(7)23(28)30-24(4,5)6/h12-15,20,25H,9-11,16H2,1-8H3/t20-/m1/s1. The molecular formula is C24H38N2O4Si. The Morgan fingerprint density at radius 2 is 1.68 bits per heavy atom. The lowest BCUT2D eigenvalue weighted by atomic mass is 10.0. The summed E-state index contributed by atoms with van der Waals surface area (Å²) in [5.41, 5.74) is 1.55. The van der Waals surface area contributed by atoms with Crippen molar-refractivity contribution in [1.29, 1.82) is 0 Å². The summed E-state index contributed by atoms with van der Waals surface area (Å²) < 4.78 is 10.6. The van der Waals surface area contributed by atoms with Crippen molar-refractivity contribution in [2.75, 3.05) is 14.2 Å². The molecule has 1 N–H and O–H groups in total. The quantitative estimate of drug-likeness (QED) is 0.465. The van der Waals surface area contributed by atoms with Crippen LogP contribution in [0.15, 0.2) is 24.3 Å². The zero-order valence-electron chi connectivity index (χ0n) is 20.3. The minimum absolute atomic E-state index is 0.385. The fourth-order valence-corrected chi connectivity index (χ4v) is 8.15. The number of aromatic nitrogens is 1. The molecule has 0 spiro atoms. The Hall–Kier alpha value is -2.28. The summed E-state index contributed by atoms with van der Waals surface area (Å²) >= 11 is 0. The Morgan fingerprint density at radius 3 is 2.19 bits per heavy atom. The maximum absolute atomic E-state index is 12.8. The Morgan fingerprint density at radius 1 is 1.10 bits per heavy atom. The van der Waals surface area contributed by atoms with Gasteiger partial charge in [-0.1, -0.05) is 57.1 Å². The monoisotopic (exact) mass is 446 g/mol. The molecule has 0 bridgehead atoms. The molecule has 172 valence electrons. The van der Waals surface area contributed by atoms with Crippen LogP contribution in [0.2, 0.25) is 18.1 Å². The number of nitrogens with zero attached hydrogens (tertiary/aromatic N) is 1. The first-order valence-electron chi connectivity index (χ1n) is 11.2. The summed E-state index contributed by atoms with van der Waals surface area (Å²) in [7, 11) is 1.19. The van der Waals surface area contributed by atoms with Crippen molar-refractivity contribution in [3.05, 3.63) is 29.8 Å². The van der Waals surface area contributed by atoms with Crippen molar-refractivity contribution in [2.24, 2.45) is 0 Å². The molecule has 1 amide bonds. The number of hydrogen-bond acceptors (Lipinski definition) is 4. The van der Waals surface area contributed by atoms with Crippen LogP contribution in [0.4, 0.5) is 4.79 Å². The van der Waals surface area contributed by atoms with Crippen LogP contribution in [0.1, 0.15) is 47.1 Å². The summed E-state index contributed by atoms with van der Waals surface area (Å²) in [5.74, 6) is -0.443. The number of aromatic amines is 1. The predicted molar refractivity (Wildman–Crippen MR) is 129 cm³/mol. The van der Waals surface area contributed by atoms with Crippen LogP contribution >= 0.6 is 0 Å². The number of benzene rings is 1. The van der Waals surface area contributed by atoms with Gasteiger partial charge in [-0.3, -0.25) is 4.90 Å². The Bertz CT molecular complexity index is 904. The molecule has 0 aliphatic carbocycles. The van der Waals surface area contributed by atoms with Crippen molar-refractivity contribution in [3.63, 3.8) is 0 Å². The molecule has 0 unspecified atom stereocenters. The van der Waals surface area contributed by atoms with E-state index in [0.29, 0.717) is 6.42 Å². The van der Waals surface area contributed by atoms with Gasteiger partial charge in [0.25, 0.3) is 0 Å². The fraction of sp³-hybridized carbons (Fsp3) is 0.583. The van der Waals surface area contributed by atoms with E-state index in [4.69, 9.17) is 9.47 Å². The first-order valence-corrected chi connectivity index (χ1v) is 13.8. The van der Waals surface area contributed by atoms with Crippen LogP contribution in [0.25, 0.3) is 10.9 Å². The number of para-hydroxylation sites is 1. The number of carbonyl (C=O) groups excluding carboxylic acids is 2. The van der Waals surface area contributed by atoms with Gasteiger partial charge >= 0.3 is 12.1 Å². The van der Waals surface area contributed by atoms with Crippen molar-refractivity contribution in [1.82, 2.24) is 9.88 Å². The van der Waals surface area contributed by atoms with Gasteiger partial charge < -0.3 is 14.5 Å². The second-order valence-electron chi connectivity index (χ2n) is 9.20. The lowest BCUT2D eigenvalue weighted by molar-refractivity contribution is -0.146. The lowest BCUT2D eigenvalue weighted by Gasteiger charge is -2.32. The number of rotatable bonds is 8. The molecule has 1 aromatic carbocycles. The second kappa shape index (κ2) is 9.89. The maximum Gasteiger partial charge on any atom is 0.410 e. The third-order valence-corrected chi connectivity index (χ3v) is 11.9. The van der Waals surface area contributed by atoms with E-state index in [-0.39, 0.29) is 0 Å². The average Bonchev–Trinajstić information content (AvgIpc) is 3.10. The van der Waals surface area contributed by atoms with Gasteiger partial charge in [0.2, 0.25) is 0 Å². The molecule has 1 atom stereocenters. The van der Waals surface area contributed by atoms with E-state index < -0.39 is 31.8 Å². The highest BCUT2D eigenvalue weighted by Crippen LogP contribution is 2.28. The third-order valence-electron chi connectivity index (χ3n) is 6.39. The molecule has 0 fully saturated rings. The first-order chi connectivity index (χ1) is 14.5. The van der Waals surface area contributed by atoms with Crippen LogP contribution in [0.3, 0.4) is 0 Å². The van der Waals surface area contributed by atoms with E-state index in [0.717, 1.165) is 34.6 Å². The van der Waals surface area contributed by atoms with Crippen LogP contribution in [0, 0.1) is 0 Å². The zero-order valence-corrected chi connectivity index (χ0v) is 21.3. The normalized spacial score (nSPS) is 13.2. The van der Waals surface area contributed by atoms with Crippen molar-refractivity contribution in [3.8, 4) is 0 Å². The molecule has 2 rings (SSSR count). The largest absolute Gasteiger partial charge is 0.467 e. The summed E-state index contributed by atoms with van der Waals surface area (Å²) in [4.78, 5) is 30.6. The van der Waals surface area contributed by atoms with Crippen LogP contribution < -0.4 is 5.32 Å². The van der Waals surface area contributed by atoms with Gasteiger partial charge in [0, 0.05) is 29.7 Å². The lowest BCUT2D eigenvalue weighted by Crippen LogP contribution is -2.51. The van der Waals surface area contributed by atoms with Gasteiger partial charge in [0.15, 0.2) is 0 Å². The molecule has 0 saturated heterocycles. The van der Waals surface area contributed by atoms with Crippen LogP contribution in [-0.2, 0) is 20.7 Å². The summed E-state index contributed by atoms with van der Waals surface area (Å²) in [6.07, 6.45) is -0.148. The van der Waals surface area contributed by atoms with E-state index in [9.17, 15) is 9.59 Å². The van der Waals surface area contributed by atoms with E-state index >= 15 is 0 Å². The number of H-pyrrole nitrogens is 1. The number of fused-ring (bicyclic) bond motifs is 1. The highest BCUT2D eigenvalue weighted by Gasteiger charge is 2.37. The topological polar surface area (TPSA) is 71.6 Å². The van der Waals surface area contributed by atoms with Crippen molar-refractivity contribution < 1.29 is 19.1 Å². The fourth-order valence-electron chi connectivity index (χ4n) is 4.31. The Kier molecular flexibility index (Phi) is 7.97. The van der Waals surface area contributed by atoms with Crippen molar-refractivity contribution in [2.45, 2.75) is 77.7 Å². The minimum atomic E-state index is -1.78. The molecule has 6 nitrogen and oxygen atoms in total. The minimum Gasteiger partial charge on any atom is -0.467 e. The summed E-state index contributed by atoms with van der Waals surface area (Å²) in [6.45, 7) is 12.2. The molecule has 0 saturated carbocycles. The second-order valence-corrected chi connectivity index (χ2v) is 14.4. The van der Waals surface area contributed by atoms with Crippen LogP contribution in [-0.4, -0.2) is 55.8 Å². The van der Waals surface area contributed by atoms with Gasteiger partial charge in [0.05, 0.1) is 7.11 Å². The number of likely N-dealkylation sites (N-methyl/N-ethyl adjacent to an activating group) is 1. The zero-order chi connectivity index (χ0) is 23.4. The maximum atomic E-state index is 12.8. The Labute approximate surface area is 187 Å². The number of amides is 1. The average molecular weight is 447 g/mol. The molecule has 31 heavy (non-hydrogen) atoms. The number of ether oxygens (including phenoxy) is 2. The molecular weight excluding hydrogens is 408 g/mol. The van der Waals surface area contributed by atoms with Gasteiger partial charge in [-0.2, -0.15) is 0 Å². The highest BCUT2D eigenvalue weighted by molar-refractivity contribution is 6.91. The number of nitrogens with one attached hydrogen (secondary N) is 1. The van der Waals surface area contributed by atoms with E-state index in [1.807, 2.05) is 32.9 Å². The molecule has 0 radical (unpaired) electrons. The summed E-state index contributed by atoms with van der Waals surface area (Å²) in [6, 6.07) is 10.8. The molecule has 1 heterocycles.